The van der Waals surface area contributed by atoms with Gasteiger partial charge in [0.15, 0.2) is 0 Å². The van der Waals surface area contributed by atoms with Gasteiger partial charge < -0.3 is 24.5 Å². The zero-order chi connectivity index (χ0) is 23.4. The Kier molecular flexibility index (Phi) is 6.44. The molecule has 1 unspecified atom stereocenters. The molecule has 2 N–H and O–H groups in total. The molecule has 8 heteroatoms. The van der Waals surface area contributed by atoms with Crippen LogP contribution < -0.4 is 5.32 Å². The smallest absolute Gasteiger partial charge is 0.407 e. The van der Waals surface area contributed by atoms with Crippen LogP contribution in [0.2, 0.25) is 0 Å². The molecule has 1 aromatic heterocycles. The van der Waals surface area contributed by atoms with E-state index in [2.05, 4.69) is 5.32 Å². The second kappa shape index (κ2) is 9.60. The fourth-order valence-electron chi connectivity index (χ4n) is 4.14. The first-order chi connectivity index (χ1) is 15.9. The van der Waals surface area contributed by atoms with Gasteiger partial charge in [0.25, 0.3) is 0 Å². The Labute approximate surface area is 190 Å². The third-order valence-electron chi connectivity index (χ3n) is 5.66. The zero-order valence-corrected chi connectivity index (χ0v) is 18.1. The maximum atomic E-state index is 12.8. The minimum Gasteiger partial charge on any atom is -0.481 e. The molecule has 0 radical (unpaired) electrons. The Bertz CT molecular complexity index is 1110. The summed E-state index contributed by atoms with van der Waals surface area (Å²) >= 11 is 0. The maximum Gasteiger partial charge on any atom is 0.407 e. The maximum absolute atomic E-state index is 12.8. The number of alkyl carbamates (subject to hydrolysis) is 1. The second-order valence-corrected chi connectivity index (χ2v) is 7.89. The lowest BCUT2D eigenvalue weighted by atomic mass is 9.98. The lowest BCUT2D eigenvalue weighted by molar-refractivity contribution is -0.142. The molecular formula is C25H24N2O6. The van der Waals surface area contributed by atoms with E-state index < -0.39 is 30.4 Å². The monoisotopic (exact) mass is 448 g/mol. The number of carboxylic acid groups (broad SMARTS) is 1. The molecule has 0 saturated carbocycles. The Hall–Kier alpha value is -4.07. The summed E-state index contributed by atoms with van der Waals surface area (Å²) in [6.07, 6.45) is 0.0749. The number of nitrogens with zero attached hydrogens (tertiary/aromatic N) is 1. The average molecular weight is 448 g/mol. The fraction of sp³-hybridized carbons (Fsp3) is 0.240. The van der Waals surface area contributed by atoms with E-state index >= 15 is 0 Å². The van der Waals surface area contributed by atoms with Gasteiger partial charge in [-0.25, -0.2) is 4.79 Å². The Morgan fingerprint density at radius 3 is 2.24 bits per heavy atom. The van der Waals surface area contributed by atoms with E-state index in [0.717, 1.165) is 22.3 Å². The molecule has 0 saturated heterocycles. The quantitative estimate of drug-likeness (QED) is 0.545. The molecule has 170 valence electrons. The van der Waals surface area contributed by atoms with Crippen molar-refractivity contribution in [3.8, 4) is 11.1 Å². The van der Waals surface area contributed by atoms with Crippen LogP contribution in [0.4, 0.5) is 4.79 Å². The summed E-state index contributed by atoms with van der Waals surface area (Å²) in [4.78, 5) is 37.9. The molecule has 8 nitrogen and oxygen atoms in total. The summed E-state index contributed by atoms with van der Waals surface area (Å²) in [6, 6.07) is 18.0. The Balaban J connectivity index is 1.42. The zero-order valence-electron chi connectivity index (χ0n) is 18.1. The summed E-state index contributed by atoms with van der Waals surface area (Å²) in [5, 5.41) is 11.6. The van der Waals surface area contributed by atoms with Gasteiger partial charge in [0.2, 0.25) is 5.91 Å². The van der Waals surface area contributed by atoms with Crippen LogP contribution >= 0.6 is 0 Å². The third-order valence-corrected chi connectivity index (χ3v) is 5.66. The Morgan fingerprint density at radius 1 is 1.03 bits per heavy atom. The van der Waals surface area contributed by atoms with Crippen LogP contribution in [-0.4, -0.2) is 47.7 Å². The lowest BCUT2D eigenvalue weighted by Gasteiger charge is -2.23. The molecule has 1 aliphatic carbocycles. The van der Waals surface area contributed by atoms with Gasteiger partial charge in [0.1, 0.15) is 18.4 Å². The number of rotatable bonds is 8. The van der Waals surface area contributed by atoms with Crippen LogP contribution in [0.5, 0.6) is 0 Å². The number of carbonyl (C=O) groups excluding carboxylic acids is 2. The molecule has 0 spiro atoms. The van der Waals surface area contributed by atoms with Crippen molar-refractivity contribution in [1.29, 1.82) is 0 Å². The number of ether oxygens (including phenoxy) is 1. The highest BCUT2D eigenvalue weighted by molar-refractivity contribution is 5.89. The van der Waals surface area contributed by atoms with Crippen molar-refractivity contribution in [2.75, 3.05) is 13.7 Å². The number of benzene rings is 2. The number of likely N-dealkylation sites (N-methyl/N-ethyl adjacent to an activating group) is 1. The standard InChI is InChI=1S/C25H24N2O6/c1-27(14-16-7-6-12-32-16)24(30)22(13-23(28)29)26-25(31)33-15-21-19-10-4-2-8-17(19)18-9-3-5-11-20(18)21/h2-12,21-22H,13-15H2,1H3,(H,26,31)(H,28,29). The number of carbonyl (C=O) groups is 3. The van der Waals surface area contributed by atoms with E-state index in [-0.39, 0.29) is 19.1 Å². The summed E-state index contributed by atoms with van der Waals surface area (Å²) in [7, 11) is 1.51. The SMILES string of the molecule is CN(Cc1ccco1)C(=O)C(CC(=O)O)NC(=O)OCC1c2ccccc2-c2ccccc21. The molecule has 1 atom stereocenters. The van der Waals surface area contributed by atoms with Crippen LogP contribution in [-0.2, 0) is 20.9 Å². The summed E-state index contributed by atoms with van der Waals surface area (Å²) < 4.78 is 10.7. The van der Waals surface area contributed by atoms with E-state index in [9.17, 15) is 19.5 Å². The predicted octanol–water partition coefficient (Wildman–Crippen LogP) is 3.62. The van der Waals surface area contributed by atoms with E-state index in [4.69, 9.17) is 9.15 Å². The molecule has 0 aliphatic heterocycles. The van der Waals surface area contributed by atoms with Gasteiger partial charge in [-0.3, -0.25) is 9.59 Å². The van der Waals surface area contributed by atoms with Crippen molar-refractivity contribution in [3.63, 3.8) is 0 Å². The number of furan rings is 1. The molecule has 4 rings (SSSR count). The van der Waals surface area contributed by atoms with Crippen LogP contribution in [0.15, 0.2) is 71.3 Å². The number of hydrogen-bond donors (Lipinski definition) is 2. The van der Waals surface area contributed by atoms with Crippen molar-refractivity contribution in [3.05, 3.63) is 83.8 Å². The first-order valence-corrected chi connectivity index (χ1v) is 10.5. The van der Waals surface area contributed by atoms with Crippen LogP contribution in [0.25, 0.3) is 11.1 Å². The number of aliphatic carboxylic acids is 1. The molecule has 0 fully saturated rings. The van der Waals surface area contributed by atoms with Gasteiger partial charge in [0, 0.05) is 13.0 Å². The van der Waals surface area contributed by atoms with E-state index in [1.54, 1.807) is 12.1 Å². The number of nitrogens with one attached hydrogen (secondary N) is 1. The topological polar surface area (TPSA) is 109 Å². The molecule has 33 heavy (non-hydrogen) atoms. The first kappa shape index (κ1) is 22.1. The predicted molar refractivity (Wildman–Crippen MR) is 119 cm³/mol. The van der Waals surface area contributed by atoms with Crippen LogP contribution in [0.3, 0.4) is 0 Å². The van der Waals surface area contributed by atoms with Gasteiger partial charge in [-0.1, -0.05) is 48.5 Å². The highest BCUT2D eigenvalue weighted by Crippen LogP contribution is 2.44. The summed E-state index contributed by atoms with van der Waals surface area (Å²) in [5.41, 5.74) is 4.31. The first-order valence-electron chi connectivity index (χ1n) is 10.5. The number of amides is 2. The third kappa shape index (κ3) is 4.90. The highest BCUT2D eigenvalue weighted by Gasteiger charge is 2.31. The van der Waals surface area contributed by atoms with Crippen molar-refractivity contribution in [2.24, 2.45) is 0 Å². The molecule has 1 heterocycles. The minimum atomic E-state index is -1.27. The molecule has 1 aliphatic rings. The van der Waals surface area contributed by atoms with Gasteiger partial charge in [-0.15, -0.1) is 0 Å². The molecule has 3 aromatic rings. The summed E-state index contributed by atoms with van der Waals surface area (Å²) in [6.45, 7) is 0.213. The van der Waals surface area contributed by atoms with E-state index in [1.807, 2.05) is 48.5 Å². The van der Waals surface area contributed by atoms with Crippen molar-refractivity contribution in [2.45, 2.75) is 24.9 Å². The highest BCUT2D eigenvalue weighted by atomic mass is 16.5. The van der Waals surface area contributed by atoms with Gasteiger partial charge in [-0.2, -0.15) is 0 Å². The van der Waals surface area contributed by atoms with Crippen molar-refractivity contribution >= 4 is 18.0 Å². The molecular weight excluding hydrogens is 424 g/mol. The van der Waals surface area contributed by atoms with Crippen LogP contribution in [0.1, 0.15) is 29.2 Å². The Morgan fingerprint density at radius 2 is 1.67 bits per heavy atom. The average Bonchev–Trinajstić information content (AvgIpc) is 3.42. The van der Waals surface area contributed by atoms with E-state index in [0.29, 0.717) is 5.76 Å². The van der Waals surface area contributed by atoms with Gasteiger partial charge >= 0.3 is 12.1 Å². The number of fused-ring (bicyclic) bond motifs is 3. The molecule has 2 aromatic carbocycles. The largest absolute Gasteiger partial charge is 0.481 e. The lowest BCUT2D eigenvalue weighted by Crippen LogP contribution is -2.48. The molecule has 2 amide bonds. The van der Waals surface area contributed by atoms with Gasteiger partial charge in [-0.05, 0) is 34.4 Å². The van der Waals surface area contributed by atoms with Crippen molar-refractivity contribution in [1.82, 2.24) is 10.2 Å². The summed E-state index contributed by atoms with van der Waals surface area (Å²) in [5.74, 6) is -1.36. The number of hydrogen-bond acceptors (Lipinski definition) is 5. The second-order valence-electron chi connectivity index (χ2n) is 7.89. The van der Waals surface area contributed by atoms with E-state index in [1.165, 1.54) is 18.2 Å². The minimum absolute atomic E-state index is 0.0656. The van der Waals surface area contributed by atoms with Crippen molar-refractivity contribution < 1.29 is 28.6 Å². The number of carboxylic acids is 1. The molecule has 0 bridgehead atoms. The van der Waals surface area contributed by atoms with Crippen LogP contribution in [0, 0.1) is 0 Å². The van der Waals surface area contributed by atoms with Gasteiger partial charge in [0.05, 0.1) is 19.2 Å². The fourth-order valence-corrected chi connectivity index (χ4v) is 4.14. The normalized spacial score (nSPS) is 13.0.